The van der Waals surface area contributed by atoms with Crippen molar-refractivity contribution in [2.75, 3.05) is 26.2 Å². The average Bonchev–Trinajstić information content (AvgIpc) is 2.36. The van der Waals surface area contributed by atoms with Crippen LogP contribution in [-0.2, 0) is 9.53 Å². The lowest BCUT2D eigenvalue weighted by atomic mass is 10.1. The van der Waals surface area contributed by atoms with Crippen molar-refractivity contribution in [3.63, 3.8) is 0 Å². The summed E-state index contributed by atoms with van der Waals surface area (Å²) in [6.07, 6.45) is 0.926. The number of carbonyl (C=O) groups excluding carboxylic acids is 2. The van der Waals surface area contributed by atoms with E-state index >= 15 is 0 Å². The Hall–Kier alpha value is -1.52. The summed E-state index contributed by atoms with van der Waals surface area (Å²) < 4.78 is 5.32. The van der Waals surface area contributed by atoms with Gasteiger partial charge >= 0.3 is 6.09 Å². The quantitative estimate of drug-likeness (QED) is 0.747. The van der Waals surface area contributed by atoms with E-state index in [0.29, 0.717) is 32.6 Å². The van der Waals surface area contributed by atoms with Gasteiger partial charge in [-0.05, 0) is 27.2 Å². The second-order valence-corrected chi connectivity index (χ2v) is 6.13. The second kappa shape index (κ2) is 6.77. The minimum absolute atomic E-state index is 0.0979. The molecule has 0 radical (unpaired) electrons. The predicted molar refractivity (Wildman–Crippen MR) is 78.4 cm³/mol. The number of rotatable bonds is 3. The van der Waals surface area contributed by atoms with Gasteiger partial charge in [-0.25, -0.2) is 4.79 Å². The molecule has 0 bridgehead atoms. The van der Waals surface area contributed by atoms with E-state index in [-0.39, 0.29) is 12.0 Å². The molecule has 2 amide bonds. The largest absolute Gasteiger partial charge is 0.444 e. The van der Waals surface area contributed by atoms with Crippen LogP contribution in [0, 0.1) is 0 Å². The molecule has 0 saturated carbocycles. The Balaban J connectivity index is 2.42. The van der Waals surface area contributed by atoms with Crippen LogP contribution in [0.1, 0.15) is 40.5 Å². The number of nitrogens with zero attached hydrogens (tertiary/aromatic N) is 2. The van der Waals surface area contributed by atoms with Crippen LogP contribution in [0.4, 0.5) is 4.79 Å². The summed E-state index contributed by atoms with van der Waals surface area (Å²) in [5, 5.41) is 0. The van der Waals surface area contributed by atoms with E-state index in [2.05, 4.69) is 6.58 Å². The van der Waals surface area contributed by atoms with E-state index in [1.807, 2.05) is 27.7 Å². The first-order valence-electron chi connectivity index (χ1n) is 7.15. The van der Waals surface area contributed by atoms with Gasteiger partial charge in [-0.15, -0.1) is 0 Å². The van der Waals surface area contributed by atoms with Crippen molar-refractivity contribution in [3.05, 3.63) is 12.2 Å². The smallest absolute Gasteiger partial charge is 0.410 e. The van der Waals surface area contributed by atoms with Crippen molar-refractivity contribution in [2.24, 2.45) is 0 Å². The van der Waals surface area contributed by atoms with Crippen molar-refractivity contribution in [3.8, 4) is 0 Å². The van der Waals surface area contributed by atoms with Crippen molar-refractivity contribution in [2.45, 2.75) is 46.1 Å². The van der Waals surface area contributed by atoms with Gasteiger partial charge in [0.2, 0.25) is 5.91 Å². The lowest BCUT2D eigenvalue weighted by molar-refractivity contribution is -0.132. The van der Waals surface area contributed by atoms with Crippen LogP contribution in [-0.4, -0.2) is 53.6 Å². The van der Waals surface area contributed by atoms with Crippen LogP contribution in [0.3, 0.4) is 0 Å². The normalized spacial score (nSPS) is 16.0. The lowest BCUT2D eigenvalue weighted by Gasteiger charge is -2.35. The Labute approximate surface area is 121 Å². The first-order chi connectivity index (χ1) is 9.23. The Kier molecular flexibility index (Phi) is 5.60. The lowest BCUT2D eigenvalue weighted by Crippen LogP contribution is -2.51. The van der Waals surface area contributed by atoms with Crippen LogP contribution in [0.2, 0.25) is 0 Å². The molecule has 0 atom stereocenters. The molecule has 0 aromatic heterocycles. The van der Waals surface area contributed by atoms with E-state index in [4.69, 9.17) is 4.74 Å². The van der Waals surface area contributed by atoms with E-state index in [1.54, 1.807) is 9.80 Å². The minimum atomic E-state index is -0.483. The van der Waals surface area contributed by atoms with Gasteiger partial charge in [-0.3, -0.25) is 4.79 Å². The molecule has 1 aliphatic heterocycles. The van der Waals surface area contributed by atoms with Crippen molar-refractivity contribution >= 4 is 12.0 Å². The number of piperazine rings is 1. The van der Waals surface area contributed by atoms with E-state index in [0.717, 1.165) is 12.0 Å². The molecule has 114 valence electrons. The summed E-state index contributed by atoms with van der Waals surface area (Å²) in [7, 11) is 0. The number of hydrogen-bond donors (Lipinski definition) is 0. The first kappa shape index (κ1) is 16.5. The van der Waals surface area contributed by atoms with Gasteiger partial charge in [0, 0.05) is 32.6 Å². The predicted octanol–water partition coefficient (Wildman–Crippen LogP) is 2.42. The van der Waals surface area contributed by atoms with Crippen LogP contribution in [0.15, 0.2) is 12.2 Å². The van der Waals surface area contributed by atoms with E-state index < -0.39 is 5.60 Å². The molecule has 0 aliphatic carbocycles. The Morgan fingerprint density at radius 2 is 1.60 bits per heavy atom. The van der Waals surface area contributed by atoms with Crippen LogP contribution < -0.4 is 0 Å². The molecule has 1 heterocycles. The molecule has 0 unspecified atom stereocenters. The van der Waals surface area contributed by atoms with Gasteiger partial charge in [0.1, 0.15) is 5.60 Å². The Morgan fingerprint density at radius 1 is 1.10 bits per heavy atom. The summed E-state index contributed by atoms with van der Waals surface area (Å²) in [6.45, 7) is 13.6. The topological polar surface area (TPSA) is 49.9 Å². The van der Waals surface area contributed by atoms with Gasteiger partial charge in [0.15, 0.2) is 0 Å². The highest BCUT2D eigenvalue weighted by Gasteiger charge is 2.27. The van der Waals surface area contributed by atoms with Gasteiger partial charge in [-0.2, -0.15) is 0 Å². The fourth-order valence-electron chi connectivity index (χ4n) is 1.92. The third kappa shape index (κ3) is 5.23. The number of carbonyl (C=O) groups is 2. The standard InChI is InChI=1S/C15H26N2O3/c1-6-12(2)11-13(18)16-7-9-17(10-8-16)14(19)20-15(3,4)5/h2,6-11H2,1,3-5H3. The van der Waals surface area contributed by atoms with Gasteiger partial charge in [0.05, 0.1) is 0 Å². The molecule has 5 heteroatoms. The van der Waals surface area contributed by atoms with Crippen molar-refractivity contribution in [1.82, 2.24) is 9.80 Å². The van der Waals surface area contributed by atoms with Gasteiger partial charge in [0.25, 0.3) is 0 Å². The summed E-state index contributed by atoms with van der Waals surface area (Å²) in [4.78, 5) is 27.4. The van der Waals surface area contributed by atoms with Gasteiger partial charge < -0.3 is 14.5 Å². The number of hydrogen-bond acceptors (Lipinski definition) is 3. The number of ether oxygens (including phenoxy) is 1. The fraction of sp³-hybridized carbons (Fsp3) is 0.733. The van der Waals surface area contributed by atoms with Crippen molar-refractivity contribution < 1.29 is 14.3 Å². The highest BCUT2D eigenvalue weighted by atomic mass is 16.6. The highest BCUT2D eigenvalue weighted by Crippen LogP contribution is 2.13. The van der Waals surface area contributed by atoms with Gasteiger partial charge in [-0.1, -0.05) is 19.1 Å². The van der Waals surface area contributed by atoms with E-state index in [1.165, 1.54) is 0 Å². The van der Waals surface area contributed by atoms with Crippen LogP contribution in [0.5, 0.6) is 0 Å². The molecule has 1 aliphatic rings. The molecule has 1 saturated heterocycles. The molecule has 1 rings (SSSR count). The molecule has 1 fully saturated rings. The fourth-order valence-corrected chi connectivity index (χ4v) is 1.92. The zero-order valence-electron chi connectivity index (χ0n) is 13.1. The van der Waals surface area contributed by atoms with Crippen molar-refractivity contribution in [1.29, 1.82) is 0 Å². The average molecular weight is 282 g/mol. The summed E-state index contributed by atoms with van der Waals surface area (Å²) >= 11 is 0. The molecular formula is C15H26N2O3. The third-order valence-corrected chi connectivity index (χ3v) is 3.19. The summed E-state index contributed by atoms with van der Waals surface area (Å²) in [5.41, 5.74) is 0.465. The second-order valence-electron chi connectivity index (χ2n) is 6.13. The molecule has 0 aromatic rings. The minimum Gasteiger partial charge on any atom is -0.444 e. The van der Waals surface area contributed by atoms with Crippen LogP contribution in [0.25, 0.3) is 0 Å². The maximum absolute atomic E-state index is 12.0. The maximum Gasteiger partial charge on any atom is 0.410 e. The SMILES string of the molecule is C=C(CC)CC(=O)N1CCN(C(=O)OC(C)(C)C)CC1. The molecule has 0 aromatic carbocycles. The summed E-state index contributed by atoms with van der Waals surface area (Å²) in [5.74, 6) is 0.0979. The maximum atomic E-state index is 12.0. The molecular weight excluding hydrogens is 256 g/mol. The summed E-state index contributed by atoms with van der Waals surface area (Å²) in [6, 6.07) is 0. The zero-order valence-corrected chi connectivity index (χ0v) is 13.1. The highest BCUT2D eigenvalue weighted by molar-refractivity contribution is 5.79. The number of amides is 2. The molecule has 0 N–H and O–H groups in total. The third-order valence-electron chi connectivity index (χ3n) is 3.19. The van der Waals surface area contributed by atoms with E-state index in [9.17, 15) is 9.59 Å². The Bertz CT molecular complexity index is 377. The Morgan fingerprint density at radius 3 is 2.05 bits per heavy atom. The first-order valence-corrected chi connectivity index (χ1v) is 7.15. The zero-order chi connectivity index (χ0) is 15.3. The monoisotopic (exact) mass is 282 g/mol. The molecule has 0 spiro atoms. The molecule has 5 nitrogen and oxygen atoms in total. The molecule has 20 heavy (non-hydrogen) atoms. The van der Waals surface area contributed by atoms with Crippen LogP contribution >= 0.6 is 0 Å².